The van der Waals surface area contributed by atoms with Crippen molar-refractivity contribution in [3.8, 4) is 0 Å². The second-order valence-corrected chi connectivity index (χ2v) is 5.21. The molecule has 1 N–H and O–H groups in total. The number of rotatable bonds is 5. The summed E-state index contributed by atoms with van der Waals surface area (Å²) in [6.45, 7) is 4.55. The normalized spacial score (nSPS) is 17.6. The van der Waals surface area contributed by atoms with Gasteiger partial charge in [-0.25, -0.2) is 8.78 Å². The van der Waals surface area contributed by atoms with Gasteiger partial charge in [0.25, 0.3) is 0 Å². The van der Waals surface area contributed by atoms with Gasteiger partial charge in [-0.15, -0.1) is 0 Å². The molecule has 1 aromatic rings. The van der Waals surface area contributed by atoms with Gasteiger partial charge in [0.2, 0.25) is 0 Å². The van der Waals surface area contributed by atoms with E-state index in [4.69, 9.17) is 0 Å². The zero-order chi connectivity index (χ0) is 13.1. The van der Waals surface area contributed by atoms with E-state index in [-0.39, 0.29) is 17.4 Å². The van der Waals surface area contributed by atoms with Crippen LogP contribution in [0, 0.1) is 24.5 Å². The van der Waals surface area contributed by atoms with Crippen LogP contribution in [0.3, 0.4) is 0 Å². The maximum absolute atomic E-state index is 14.2. The molecule has 0 radical (unpaired) electrons. The first-order chi connectivity index (χ1) is 8.65. The van der Waals surface area contributed by atoms with E-state index in [1.54, 1.807) is 6.92 Å². The highest BCUT2D eigenvalue weighted by molar-refractivity contribution is 5.30. The van der Waals surface area contributed by atoms with Gasteiger partial charge < -0.3 is 5.32 Å². The van der Waals surface area contributed by atoms with Crippen molar-refractivity contribution < 1.29 is 8.78 Å². The Labute approximate surface area is 108 Å². The third-order valence-electron chi connectivity index (χ3n) is 3.87. The lowest BCUT2D eigenvalue weighted by molar-refractivity contribution is 0.222. The second kappa shape index (κ2) is 5.79. The minimum atomic E-state index is -0.418. The Balaban J connectivity index is 2.31. The van der Waals surface area contributed by atoms with Gasteiger partial charge in [-0.1, -0.05) is 19.4 Å². The molecule has 1 atom stereocenters. The molecule has 2 rings (SSSR count). The van der Waals surface area contributed by atoms with E-state index in [1.165, 1.54) is 18.6 Å². The lowest BCUT2D eigenvalue weighted by Gasteiger charge is -2.35. The molecule has 1 aromatic carbocycles. The monoisotopic (exact) mass is 253 g/mol. The largest absolute Gasteiger partial charge is 0.310 e. The molecule has 0 aromatic heterocycles. The van der Waals surface area contributed by atoms with E-state index in [1.807, 2.05) is 0 Å². The highest BCUT2D eigenvalue weighted by Gasteiger charge is 2.32. The van der Waals surface area contributed by atoms with E-state index in [0.29, 0.717) is 11.5 Å². The maximum atomic E-state index is 14.2. The van der Waals surface area contributed by atoms with E-state index in [0.717, 1.165) is 25.8 Å². The minimum absolute atomic E-state index is 0.168. The fourth-order valence-electron chi connectivity index (χ4n) is 2.54. The summed E-state index contributed by atoms with van der Waals surface area (Å²) in [4.78, 5) is 0. The molecule has 0 spiro atoms. The lowest BCUT2D eigenvalue weighted by Crippen LogP contribution is -2.34. The average Bonchev–Trinajstić information content (AvgIpc) is 2.28. The summed E-state index contributed by atoms with van der Waals surface area (Å²) in [6.07, 6.45) is 4.27. The summed E-state index contributed by atoms with van der Waals surface area (Å²) in [5.41, 5.74) is 0.766. The molecule has 1 fully saturated rings. The summed E-state index contributed by atoms with van der Waals surface area (Å²) < 4.78 is 28.1. The highest BCUT2D eigenvalue weighted by atomic mass is 19.1. The Bertz CT molecular complexity index is 413. The standard InChI is InChI=1S/C15H21F2N/c1-3-9-18-15(11-5-4-6-11)13-12(16)8-7-10(2)14(13)17/h7-8,11,15,18H,3-6,9H2,1-2H3. The van der Waals surface area contributed by atoms with Crippen molar-refractivity contribution in [3.63, 3.8) is 0 Å². The summed E-state index contributed by atoms with van der Waals surface area (Å²) >= 11 is 0. The molecule has 0 aliphatic heterocycles. The third kappa shape index (κ3) is 2.56. The number of nitrogens with one attached hydrogen (secondary N) is 1. The van der Waals surface area contributed by atoms with Gasteiger partial charge in [-0.3, -0.25) is 0 Å². The first-order valence-corrected chi connectivity index (χ1v) is 6.83. The smallest absolute Gasteiger partial charge is 0.133 e. The minimum Gasteiger partial charge on any atom is -0.310 e. The molecule has 1 aliphatic rings. The Morgan fingerprint density at radius 3 is 2.61 bits per heavy atom. The van der Waals surface area contributed by atoms with Gasteiger partial charge >= 0.3 is 0 Å². The van der Waals surface area contributed by atoms with Crippen LogP contribution in [-0.4, -0.2) is 6.54 Å². The molecule has 0 bridgehead atoms. The second-order valence-electron chi connectivity index (χ2n) is 5.21. The quantitative estimate of drug-likeness (QED) is 0.832. The molecule has 0 amide bonds. The van der Waals surface area contributed by atoms with Gasteiger partial charge in [0.15, 0.2) is 0 Å². The van der Waals surface area contributed by atoms with Gasteiger partial charge in [0.05, 0.1) is 0 Å². The number of hydrogen-bond donors (Lipinski definition) is 1. The summed E-state index contributed by atoms with van der Waals surface area (Å²) in [5.74, 6) is -0.420. The van der Waals surface area contributed by atoms with Crippen LogP contribution >= 0.6 is 0 Å². The van der Waals surface area contributed by atoms with Crippen molar-refractivity contribution in [1.29, 1.82) is 0 Å². The van der Waals surface area contributed by atoms with Gasteiger partial charge in [-0.05, 0) is 50.3 Å². The van der Waals surface area contributed by atoms with Crippen molar-refractivity contribution in [1.82, 2.24) is 5.32 Å². The van der Waals surface area contributed by atoms with E-state index in [2.05, 4.69) is 12.2 Å². The molecule has 1 saturated carbocycles. The fraction of sp³-hybridized carbons (Fsp3) is 0.600. The molecule has 0 heterocycles. The van der Waals surface area contributed by atoms with Crippen molar-refractivity contribution in [2.45, 2.75) is 45.6 Å². The predicted molar refractivity (Wildman–Crippen MR) is 69.5 cm³/mol. The molecule has 1 unspecified atom stereocenters. The Hall–Kier alpha value is -0.960. The van der Waals surface area contributed by atoms with Crippen molar-refractivity contribution >= 4 is 0 Å². The van der Waals surface area contributed by atoms with Crippen LogP contribution in [0.1, 0.15) is 49.8 Å². The van der Waals surface area contributed by atoms with Gasteiger partial charge in [0, 0.05) is 11.6 Å². The molecule has 1 nitrogen and oxygen atoms in total. The molecular weight excluding hydrogens is 232 g/mol. The first-order valence-electron chi connectivity index (χ1n) is 6.83. The Morgan fingerprint density at radius 2 is 2.06 bits per heavy atom. The Morgan fingerprint density at radius 1 is 1.33 bits per heavy atom. The zero-order valence-electron chi connectivity index (χ0n) is 11.1. The maximum Gasteiger partial charge on any atom is 0.133 e. The molecule has 100 valence electrons. The topological polar surface area (TPSA) is 12.0 Å². The first kappa shape index (κ1) is 13.5. The van der Waals surface area contributed by atoms with Crippen LogP contribution in [0.4, 0.5) is 8.78 Å². The number of halogens is 2. The van der Waals surface area contributed by atoms with Crippen molar-refractivity contribution in [2.24, 2.45) is 5.92 Å². The molecular formula is C15H21F2N. The molecule has 0 saturated heterocycles. The van der Waals surface area contributed by atoms with Gasteiger partial charge in [-0.2, -0.15) is 0 Å². The van der Waals surface area contributed by atoms with Crippen LogP contribution in [0.15, 0.2) is 12.1 Å². The van der Waals surface area contributed by atoms with Crippen molar-refractivity contribution in [3.05, 3.63) is 34.9 Å². The summed E-state index contributed by atoms with van der Waals surface area (Å²) in [5, 5.41) is 3.32. The van der Waals surface area contributed by atoms with E-state index in [9.17, 15) is 8.78 Å². The van der Waals surface area contributed by atoms with E-state index >= 15 is 0 Å². The summed E-state index contributed by atoms with van der Waals surface area (Å²) in [6, 6.07) is 2.72. The molecule has 1 aliphatic carbocycles. The number of hydrogen-bond acceptors (Lipinski definition) is 1. The van der Waals surface area contributed by atoms with Crippen LogP contribution < -0.4 is 5.32 Å². The lowest BCUT2D eigenvalue weighted by atomic mass is 9.76. The zero-order valence-corrected chi connectivity index (χ0v) is 11.1. The number of aryl methyl sites for hydroxylation is 1. The molecule has 3 heteroatoms. The SMILES string of the molecule is CCCNC(c1c(F)ccc(C)c1F)C1CCC1. The average molecular weight is 253 g/mol. The van der Waals surface area contributed by atoms with Gasteiger partial charge in [0.1, 0.15) is 11.6 Å². The van der Waals surface area contributed by atoms with Crippen LogP contribution in [0.2, 0.25) is 0 Å². The highest BCUT2D eigenvalue weighted by Crippen LogP contribution is 2.39. The van der Waals surface area contributed by atoms with Crippen LogP contribution in [0.5, 0.6) is 0 Å². The van der Waals surface area contributed by atoms with Crippen molar-refractivity contribution in [2.75, 3.05) is 6.54 Å². The van der Waals surface area contributed by atoms with E-state index < -0.39 is 5.82 Å². The van der Waals surface area contributed by atoms with Crippen LogP contribution in [-0.2, 0) is 0 Å². The predicted octanol–water partition coefficient (Wildman–Crippen LogP) is 4.11. The summed E-state index contributed by atoms with van der Waals surface area (Å²) in [7, 11) is 0. The third-order valence-corrected chi connectivity index (χ3v) is 3.87. The van der Waals surface area contributed by atoms with Crippen LogP contribution in [0.25, 0.3) is 0 Å². The molecule has 18 heavy (non-hydrogen) atoms. The Kier molecular flexibility index (Phi) is 4.33. The fourth-order valence-corrected chi connectivity index (χ4v) is 2.54. The number of benzene rings is 1.